The molecule has 7 nitrogen and oxygen atoms in total. The second kappa shape index (κ2) is 25.2. The predicted molar refractivity (Wildman–Crippen MR) is 144 cm³/mol. The summed E-state index contributed by atoms with van der Waals surface area (Å²) in [6.07, 6.45) is 19.2. The van der Waals surface area contributed by atoms with Gasteiger partial charge in [-0.25, -0.2) is 0 Å². The fourth-order valence-electron chi connectivity index (χ4n) is 4.16. The summed E-state index contributed by atoms with van der Waals surface area (Å²) in [6, 6.07) is 0. The first kappa shape index (κ1) is 34.5. The minimum atomic E-state index is -3.70. The summed E-state index contributed by atoms with van der Waals surface area (Å²) in [5.41, 5.74) is 0. The van der Waals surface area contributed by atoms with Crippen molar-refractivity contribution in [2.45, 2.75) is 123 Å². The van der Waals surface area contributed by atoms with Crippen LogP contribution < -0.4 is 4.90 Å². The van der Waals surface area contributed by atoms with Gasteiger partial charge in [-0.1, -0.05) is 96.8 Å². The van der Waals surface area contributed by atoms with Gasteiger partial charge in [0.1, 0.15) is 6.10 Å². The largest absolute Gasteiger partial charge is 0.460 e. The van der Waals surface area contributed by atoms with E-state index in [2.05, 4.69) is 6.92 Å². The molecule has 2 N–H and O–H groups in total. The maximum Gasteiger partial charge on any atom is 0.333 e. The van der Waals surface area contributed by atoms with Crippen LogP contribution in [0.5, 0.6) is 0 Å². The van der Waals surface area contributed by atoms with Crippen molar-refractivity contribution in [2.75, 3.05) is 45.6 Å². The van der Waals surface area contributed by atoms with Crippen molar-refractivity contribution in [1.29, 1.82) is 0 Å². The Morgan fingerprint density at radius 3 is 1.71 bits per heavy atom. The van der Waals surface area contributed by atoms with Gasteiger partial charge >= 0.3 is 7.60 Å². The van der Waals surface area contributed by atoms with Gasteiger partial charge in [0.15, 0.2) is 0 Å². The Hall–Kier alpha value is -0.460. The molecule has 0 aromatic carbocycles. The Bertz CT molecular complexity index is 504. The average Bonchev–Trinajstić information content (AvgIpc) is 2.85. The third-order valence-corrected chi connectivity index (χ3v) is 8.00. The Morgan fingerprint density at radius 2 is 1.26 bits per heavy atom. The third-order valence-electron chi connectivity index (χ3n) is 6.65. The highest BCUT2D eigenvalue weighted by Gasteiger charge is 2.24. The van der Waals surface area contributed by atoms with Crippen molar-refractivity contribution in [3.05, 3.63) is 0 Å². The van der Waals surface area contributed by atoms with Crippen molar-refractivity contribution in [1.82, 2.24) is 0 Å². The molecule has 8 heteroatoms. The van der Waals surface area contributed by atoms with Crippen molar-refractivity contribution >= 4 is 14.1 Å². The molecular weight excluding hydrogens is 465 g/mol. The van der Waals surface area contributed by atoms with Gasteiger partial charge < -0.3 is 23.8 Å². The molecule has 0 aliphatic carbocycles. The van der Waals surface area contributed by atoms with Crippen LogP contribution in [0.1, 0.15) is 117 Å². The second-order valence-electron chi connectivity index (χ2n) is 9.74. The number of carbonyl (C=O) groups excluding carboxylic acids is 1. The molecule has 0 rings (SSSR count). The molecular formula is C27H57NO6P+. The van der Waals surface area contributed by atoms with E-state index in [4.69, 9.17) is 14.0 Å². The molecule has 0 spiro atoms. The zero-order chi connectivity index (χ0) is 26.0. The SMILES string of the molecule is CCCCCCCCCCCCCCCCCOCC(COP(=O)(O)CC[NH+](CC)CC)OC=O. The monoisotopic (exact) mass is 522 g/mol. The minimum Gasteiger partial charge on any atom is -0.460 e. The molecule has 0 fully saturated rings. The zero-order valence-electron chi connectivity index (χ0n) is 23.1. The van der Waals surface area contributed by atoms with Gasteiger partial charge in [0.05, 0.1) is 39.0 Å². The number of quaternary nitrogens is 1. The van der Waals surface area contributed by atoms with E-state index < -0.39 is 13.7 Å². The Balaban J connectivity index is 3.64. The van der Waals surface area contributed by atoms with Crippen molar-refractivity contribution in [2.24, 2.45) is 0 Å². The summed E-state index contributed by atoms with van der Waals surface area (Å²) >= 11 is 0. The Morgan fingerprint density at radius 1 is 0.771 bits per heavy atom. The van der Waals surface area contributed by atoms with Gasteiger partial charge in [-0.3, -0.25) is 9.36 Å². The molecule has 0 bridgehead atoms. The van der Waals surface area contributed by atoms with E-state index in [-0.39, 0.29) is 19.4 Å². The Labute approximate surface area is 216 Å². The maximum absolute atomic E-state index is 12.2. The molecule has 0 saturated heterocycles. The fraction of sp³-hybridized carbons (Fsp3) is 0.963. The van der Waals surface area contributed by atoms with E-state index in [9.17, 15) is 14.3 Å². The summed E-state index contributed by atoms with van der Waals surface area (Å²) in [7, 11) is -3.70. The van der Waals surface area contributed by atoms with Crippen LogP contribution in [0.15, 0.2) is 0 Å². The number of carbonyl (C=O) groups is 1. The first-order chi connectivity index (χ1) is 17.0. The molecule has 0 radical (unpaired) electrons. The normalized spacial score (nSPS) is 14.2. The first-order valence-corrected chi connectivity index (χ1v) is 16.2. The molecule has 2 atom stereocenters. The van der Waals surface area contributed by atoms with Gasteiger partial charge in [-0.15, -0.1) is 0 Å². The van der Waals surface area contributed by atoms with Crippen LogP contribution >= 0.6 is 7.60 Å². The van der Waals surface area contributed by atoms with Crippen LogP contribution in [0.4, 0.5) is 0 Å². The van der Waals surface area contributed by atoms with Crippen molar-refractivity contribution in [3.8, 4) is 0 Å². The highest BCUT2D eigenvalue weighted by atomic mass is 31.2. The van der Waals surface area contributed by atoms with Gasteiger partial charge in [0.2, 0.25) is 0 Å². The summed E-state index contributed by atoms with van der Waals surface area (Å²) in [6.45, 7) is 9.74. The standard InChI is InChI=1S/C27H56NO6P/c1-4-7-8-9-10-11-12-13-14-15-16-17-18-19-20-22-32-24-27(33-26-29)25-34-35(30,31)23-21-28(5-2)6-3/h26-27H,4-25H2,1-3H3,(H,30,31)/p+1. The predicted octanol–water partition coefficient (Wildman–Crippen LogP) is 5.54. The van der Waals surface area contributed by atoms with E-state index in [0.717, 1.165) is 25.9 Å². The van der Waals surface area contributed by atoms with E-state index >= 15 is 0 Å². The highest BCUT2D eigenvalue weighted by Crippen LogP contribution is 2.40. The lowest BCUT2D eigenvalue weighted by atomic mass is 10.0. The number of nitrogens with one attached hydrogen (secondary N) is 1. The molecule has 0 saturated carbocycles. The minimum absolute atomic E-state index is 0.0950. The molecule has 0 amide bonds. The molecule has 0 aromatic rings. The summed E-state index contributed by atoms with van der Waals surface area (Å²) < 4.78 is 28.0. The molecule has 0 aromatic heterocycles. The highest BCUT2D eigenvalue weighted by molar-refractivity contribution is 7.52. The fourth-order valence-corrected chi connectivity index (χ4v) is 5.29. The Kier molecular flexibility index (Phi) is 24.9. The molecule has 0 aliphatic rings. The summed E-state index contributed by atoms with van der Waals surface area (Å²) in [5, 5.41) is 0. The summed E-state index contributed by atoms with van der Waals surface area (Å²) in [5.74, 6) is 0. The summed E-state index contributed by atoms with van der Waals surface area (Å²) in [4.78, 5) is 22.0. The average molecular weight is 523 g/mol. The van der Waals surface area contributed by atoms with Crippen LogP contribution in [0.2, 0.25) is 0 Å². The quantitative estimate of drug-likeness (QED) is 0.0797. The molecule has 2 unspecified atom stereocenters. The first-order valence-electron chi connectivity index (χ1n) is 14.5. The number of unbranched alkanes of at least 4 members (excludes halogenated alkanes) is 14. The van der Waals surface area contributed by atoms with Crippen molar-refractivity contribution < 1.29 is 33.2 Å². The van der Waals surface area contributed by atoms with Gasteiger partial charge in [0.25, 0.3) is 6.47 Å². The molecule has 0 aliphatic heterocycles. The van der Waals surface area contributed by atoms with Crippen LogP contribution in [0.25, 0.3) is 0 Å². The van der Waals surface area contributed by atoms with Crippen LogP contribution in [0.3, 0.4) is 0 Å². The smallest absolute Gasteiger partial charge is 0.333 e. The van der Waals surface area contributed by atoms with Gasteiger partial charge in [-0.05, 0) is 20.3 Å². The third kappa shape index (κ3) is 23.7. The lowest BCUT2D eigenvalue weighted by molar-refractivity contribution is -0.893. The molecule has 210 valence electrons. The van der Waals surface area contributed by atoms with E-state index in [0.29, 0.717) is 19.6 Å². The van der Waals surface area contributed by atoms with E-state index in [1.165, 1.54) is 88.4 Å². The van der Waals surface area contributed by atoms with Crippen LogP contribution in [-0.2, 0) is 23.4 Å². The number of ether oxygens (including phenoxy) is 2. The maximum atomic E-state index is 12.2. The lowest BCUT2D eigenvalue weighted by Gasteiger charge is -2.20. The molecule has 35 heavy (non-hydrogen) atoms. The van der Waals surface area contributed by atoms with Gasteiger partial charge in [0, 0.05) is 6.61 Å². The second-order valence-corrected chi connectivity index (χ2v) is 11.7. The number of hydrogen-bond donors (Lipinski definition) is 2. The number of hydrogen-bond acceptors (Lipinski definition) is 5. The van der Waals surface area contributed by atoms with Gasteiger partial charge in [-0.2, -0.15) is 0 Å². The molecule has 0 heterocycles. The van der Waals surface area contributed by atoms with Crippen LogP contribution in [-0.4, -0.2) is 63.1 Å². The van der Waals surface area contributed by atoms with E-state index in [1.807, 2.05) is 13.8 Å². The zero-order valence-corrected chi connectivity index (χ0v) is 24.0. The van der Waals surface area contributed by atoms with E-state index in [1.54, 1.807) is 0 Å². The van der Waals surface area contributed by atoms with Crippen LogP contribution in [0, 0.1) is 0 Å². The van der Waals surface area contributed by atoms with Crippen molar-refractivity contribution in [3.63, 3.8) is 0 Å². The lowest BCUT2D eigenvalue weighted by Crippen LogP contribution is -3.11. The number of rotatable bonds is 28. The topological polar surface area (TPSA) is 86.5 Å².